The van der Waals surface area contributed by atoms with Gasteiger partial charge in [-0.25, -0.2) is 16.8 Å². The Morgan fingerprint density at radius 2 is 1.30 bits per heavy atom. The number of sulfonamides is 2. The van der Waals surface area contributed by atoms with E-state index in [0.29, 0.717) is 22.9 Å². The number of rotatable bonds is 12. The second kappa shape index (κ2) is 13.0. The number of hydrogen-bond acceptors (Lipinski definition) is 8. The number of methoxy groups -OCH3 is 3. The second-order valence-electron chi connectivity index (χ2n) is 9.27. The molecular formula is C30H31N3O8S2. The third kappa shape index (κ3) is 7.37. The van der Waals surface area contributed by atoms with Crippen LogP contribution in [0.5, 0.6) is 17.2 Å². The zero-order valence-electron chi connectivity index (χ0n) is 23.9. The van der Waals surface area contributed by atoms with Gasteiger partial charge in [-0.1, -0.05) is 17.7 Å². The third-order valence-corrected chi connectivity index (χ3v) is 9.53. The van der Waals surface area contributed by atoms with Crippen molar-refractivity contribution in [2.45, 2.75) is 16.7 Å². The van der Waals surface area contributed by atoms with Gasteiger partial charge in [0.15, 0.2) is 0 Å². The van der Waals surface area contributed by atoms with Crippen molar-refractivity contribution in [2.24, 2.45) is 0 Å². The minimum absolute atomic E-state index is 0.0172. The Labute approximate surface area is 251 Å². The Bertz CT molecular complexity index is 1790. The van der Waals surface area contributed by atoms with E-state index in [9.17, 15) is 21.6 Å². The summed E-state index contributed by atoms with van der Waals surface area (Å²) in [4.78, 5) is 13.0. The number of nitrogens with zero attached hydrogens (tertiary/aromatic N) is 1. The van der Waals surface area contributed by atoms with E-state index in [0.717, 1.165) is 9.87 Å². The number of amides is 1. The van der Waals surface area contributed by atoms with Gasteiger partial charge in [0.1, 0.15) is 23.8 Å². The monoisotopic (exact) mass is 625 g/mol. The van der Waals surface area contributed by atoms with E-state index in [1.165, 1.54) is 75.9 Å². The molecule has 0 aliphatic heterocycles. The SMILES string of the molecule is COc1ccc(S(=O)(=O)N(CC(=O)Nc2ccc(S(=O)(=O)Nc3cc(OC)ccc3OC)cc2)c2ccc(C)cc2)cc1. The van der Waals surface area contributed by atoms with Crippen LogP contribution in [0.3, 0.4) is 0 Å². The number of hydrogen-bond donors (Lipinski definition) is 2. The number of ether oxygens (including phenoxy) is 3. The van der Waals surface area contributed by atoms with E-state index in [-0.39, 0.29) is 21.2 Å². The molecule has 0 aromatic heterocycles. The minimum atomic E-state index is -4.14. The summed E-state index contributed by atoms with van der Waals surface area (Å²) in [6.45, 7) is 1.33. The van der Waals surface area contributed by atoms with Crippen molar-refractivity contribution in [3.63, 3.8) is 0 Å². The first-order chi connectivity index (χ1) is 20.5. The molecule has 0 atom stereocenters. The molecule has 4 aromatic rings. The van der Waals surface area contributed by atoms with Gasteiger partial charge < -0.3 is 19.5 Å². The van der Waals surface area contributed by atoms with Crippen LogP contribution in [0.4, 0.5) is 17.1 Å². The summed E-state index contributed by atoms with van der Waals surface area (Å²) in [5, 5.41) is 2.64. The summed E-state index contributed by atoms with van der Waals surface area (Å²) in [6.07, 6.45) is 0. The molecule has 13 heteroatoms. The molecule has 0 unspecified atom stereocenters. The lowest BCUT2D eigenvalue weighted by Gasteiger charge is -2.24. The van der Waals surface area contributed by atoms with Crippen molar-refractivity contribution in [1.82, 2.24) is 0 Å². The molecule has 4 rings (SSSR count). The van der Waals surface area contributed by atoms with E-state index in [4.69, 9.17) is 14.2 Å². The molecule has 0 bridgehead atoms. The van der Waals surface area contributed by atoms with E-state index in [2.05, 4.69) is 10.0 Å². The van der Waals surface area contributed by atoms with Gasteiger partial charge in [0, 0.05) is 11.8 Å². The van der Waals surface area contributed by atoms with Gasteiger partial charge in [-0.15, -0.1) is 0 Å². The van der Waals surface area contributed by atoms with Gasteiger partial charge in [-0.05, 0) is 79.7 Å². The molecule has 11 nitrogen and oxygen atoms in total. The lowest BCUT2D eigenvalue weighted by atomic mass is 10.2. The largest absolute Gasteiger partial charge is 0.497 e. The second-order valence-corrected chi connectivity index (χ2v) is 12.8. The van der Waals surface area contributed by atoms with Crippen molar-refractivity contribution in [1.29, 1.82) is 0 Å². The van der Waals surface area contributed by atoms with E-state index >= 15 is 0 Å². The fraction of sp³-hybridized carbons (Fsp3) is 0.167. The highest BCUT2D eigenvalue weighted by atomic mass is 32.2. The van der Waals surface area contributed by atoms with Gasteiger partial charge >= 0.3 is 0 Å². The van der Waals surface area contributed by atoms with E-state index in [1.807, 2.05) is 6.92 Å². The van der Waals surface area contributed by atoms with Gasteiger partial charge in [-0.3, -0.25) is 13.8 Å². The zero-order valence-corrected chi connectivity index (χ0v) is 25.5. The van der Waals surface area contributed by atoms with Crippen LogP contribution in [0.25, 0.3) is 0 Å². The molecule has 2 N–H and O–H groups in total. The van der Waals surface area contributed by atoms with Crippen LogP contribution in [0.2, 0.25) is 0 Å². The van der Waals surface area contributed by atoms with Crippen LogP contribution in [-0.4, -0.2) is 50.6 Å². The summed E-state index contributed by atoms with van der Waals surface area (Å²) >= 11 is 0. The summed E-state index contributed by atoms with van der Waals surface area (Å²) in [6, 6.07) is 22.7. The molecule has 0 saturated carbocycles. The topological polar surface area (TPSA) is 140 Å². The lowest BCUT2D eigenvalue weighted by Crippen LogP contribution is -2.38. The maximum absolute atomic E-state index is 13.6. The molecule has 0 radical (unpaired) electrons. The average Bonchev–Trinajstić information content (AvgIpc) is 3.00. The number of aryl methyl sites for hydroxylation is 1. The molecule has 0 heterocycles. The van der Waals surface area contributed by atoms with Gasteiger partial charge in [0.25, 0.3) is 20.0 Å². The van der Waals surface area contributed by atoms with Gasteiger partial charge in [-0.2, -0.15) is 0 Å². The normalized spacial score (nSPS) is 11.3. The molecule has 226 valence electrons. The lowest BCUT2D eigenvalue weighted by molar-refractivity contribution is -0.114. The zero-order chi connectivity index (χ0) is 31.2. The minimum Gasteiger partial charge on any atom is -0.497 e. The standard InChI is InChI=1S/C30H31N3O8S2/c1-21-5-9-23(10-6-21)33(43(37,38)27-16-11-24(39-2)12-17-27)20-30(34)31-22-7-14-26(15-8-22)42(35,36)32-28-19-25(40-3)13-18-29(28)41-4/h5-19,32H,20H2,1-4H3,(H,31,34). The van der Waals surface area contributed by atoms with E-state index in [1.54, 1.807) is 36.4 Å². The Hall–Kier alpha value is -4.75. The number of anilines is 3. The Kier molecular flexibility index (Phi) is 9.46. The highest BCUT2D eigenvalue weighted by Gasteiger charge is 2.27. The van der Waals surface area contributed by atoms with Crippen LogP contribution in [0.15, 0.2) is 101 Å². The van der Waals surface area contributed by atoms with Crippen molar-refractivity contribution < 1.29 is 35.8 Å². The smallest absolute Gasteiger partial charge is 0.264 e. The predicted molar refractivity (Wildman–Crippen MR) is 164 cm³/mol. The fourth-order valence-electron chi connectivity index (χ4n) is 4.05. The molecule has 1 amide bonds. The Balaban J connectivity index is 1.53. The van der Waals surface area contributed by atoms with Gasteiger partial charge in [0.05, 0.1) is 42.5 Å². The molecule has 43 heavy (non-hydrogen) atoms. The number of nitrogens with one attached hydrogen (secondary N) is 2. The molecule has 0 aliphatic rings. The summed E-state index contributed by atoms with van der Waals surface area (Å²) in [5.74, 6) is 0.593. The van der Waals surface area contributed by atoms with Crippen molar-refractivity contribution in [3.8, 4) is 17.2 Å². The number of carbonyl (C=O) groups excluding carboxylic acids is 1. The fourth-order valence-corrected chi connectivity index (χ4v) is 6.53. The Morgan fingerprint density at radius 1 is 0.721 bits per heavy atom. The van der Waals surface area contributed by atoms with Crippen molar-refractivity contribution >= 4 is 43.0 Å². The molecule has 0 fully saturated rings. The quantitative estimate of drug-likeness (QED) is 0.232. The number of carbonyl (C=O) groups is 1. The first-order valence-electron chi connectivity index (χ1n) is 12.8. The van der Waals surface area contributed by atoms with Gasteiger partial charge in [0.2, 0.25) is 5.91 Å². The number of benzene rings is 4. The predicted octanol–water partition coefficient (Wildman–Crippen LogP) is 4.66. The van der Waals surface area contributed by atoms with Crippen molar-refractivity contribution in [3.05, 3.63) is 96.6 Å². The molecular weight excluding hydrogens is 594 g/mol. The van der Waals surface area contributed by atoms with Crippen LogP contribution < -0.4 is 28.6 Å². The van der Waals surface area contributed by atoms with E-state index < -0.39 is 32.5 Å². The van der Waals surface area contributed by atoms with Crippen LogP contribution in [0.1, 0.15) is 5.56 Å². The molecule has 0 saturated heterocycles. The maximum atomic E-state index is 13.6. The average molecular weight is 626 g/mol. The summed E-state index contributed by atoms with van der Waals surface area (Å²) in [7, 11) is -3.81. The van der Waals surface area contributed by atoms with Crippen LogP contribution in [0, 0.1) is 6.92 Å². The first-order valence-corrected chi connectivity index (χ1v) is 15.8. The highest BCUT2D eigenvalue weighted by molar-refractivity contribution is 7.93. The Morgan fingerprint density at radius 3 is 1.88 bits per heavy atom. The molecule has 0 aliphatic carbocycles. The van der Waals surface area contributed by atoms with Crippen molar-refractivity contribution in [2.75, 3.05) is 42.2 Å². The molecule has 0 spiro atoms. The summed E-state index contributed by atoms with van der Waals surface area (Å²) in [5.41, 5.74) is 1.68. The first kappa shape index (κ1) is 31.2. The maximum Gasteiger partial charge on any atom is 0.264 e. The van der Waals surface area contributed by atoms with Crippen LogP contribution >= 0.6 is 0 Å². The summed E-state index contributed by atoms with van der Waals surface area (Å²) < 4.78 is 72.3. The highest BCUT2D eigenvalue weighted by Crippen LogP contribution is 2.31. The van der Waals surface area contributed by atoms with Crippen LogP contribution in [-0.2, 0) is 24.8 Å². The molecule has 4 aromatic carbocycles. The third-order valence-electron chi connectivity index (χ3n) is 6.36.